The molecule has 22 heavy (non-hydrogen) atoms. The molecule has 2 saturated heterocycles. The zero-order valence-electron chi connectivity index (χ0n) is 11.8. The first kappa shape index (κ1) is 15.3. The van der Waals surface area contributed by atoms with Gasteiger partial charge in [-0.3, -0.25) is 4.90 Å². The topological polar surface area (TPSA) is 69.7 Å². The minimum Gasteiger partial charge on any atom is -0.609 e. The summed E-state index contributed by atoms with van der Waals surface area (Å²) in [6, 6.07) is 4.49. The van der Waals surface area contributed by atoms with Crippen LogP contribution in [0.4, 0.5) is 14.9 Å². The third kappa shape index (κ3) is 2.83. The van der Waals surface area contributed by atoms with E-state index in [1.807, 2.05) is 0 Å². The van der Waals surface area contributed by atoms with Crippen molar-refractivity contribution in [2.45, 2.75) is 24.9 Å². The first-order valence-electron chi connectivity index (χ1n) is 6.97. The number of nitrogens with zero attached hydrogens (tertiary/aromatic N) is 1. The van der Waals surface area contributed by atoms with Gasteiger partial charge in [0.05, 0.1) is 18.7 Å². The summed E-state index contributed by atoms with van der Waals surface area (Å²) in [5.74, 6) is -0.458. The highest BCUT2D eigenvalue weighted by atomic mass is 32.2. The van der Waals surface area contributed by atoms with Gasteiger partial charge in [-0.15, -0.1) is 0 Å². The van der Waals surface area contributed by atoms with E-state index in [0.717, 1.165) is 0 Å². The van der Waals surface area contributed by atoms with E-state index in [-0.39, 0.29) is 29.8 Å². The van der Waals surface area contributed by atoms with Crippen molar-refractivity contribution in [2.24, 2.45) is 0 Å². The quantitative estimate of drug-likeness (QED) is 0.782. The van der Waals surface area contributed by atoms with Gasteiger partial charge in [0, 0.05) is 23.5 Å². The molecule has 7 heteroatoms. The van der Waals surface area contributed by atoms with Gasteiger partial charge in [0.1, 0.15) is 17.7 Å². The van der Waals surface area contributed by atoms with Crippen LogP contribution in [0.3, 0.4) is 0 Å². The molecule has 1 aromatic rings. The predicted molar refractivity (Wildman–Crippen MR) is 79.4 cm³/mol. The lowest BCUT2D eigenvalue weighted by molar-refractivity contribution is -0.112. The van der Waals surface area contributed by atoms with E-state index in [1.54, 1.807) is 12.1 Å². The van der Waals surface area contributed by atoms with Crippen LogP contribution in [0.25, 0.3) is 0 Å². The maximum Gasteiger partial charge on any atom is 0.414 e. The Morgan fingerprint density at radius 2 is 2.18 bits per heavy atom. The van der Waals surface area contributed by atoms with Gasteiger partial charge in [-0.1, -0.05) is 6.07 Å². The Kier molecular flexibility index (Phi) is 4.10. The van der Waals surface area contributed by atoms with E-state index in [1.165, 1.54) is 11.0 Å². The molecule has 0 saturated carbocycles. The largest absolute Gasteiger partial charge is 0.609 e. The molecule has 0 spiro atoms. The van der Waals surface area contributed by atoms with Crippen molar-refractivity contribution in [3.05, 3.63) is 36.5 Å². The monoisotopic (exact) mass is 324 g/mol. The lowest BCUT2D eigenvalue weighted by atomic mass is 9.92. The fraction of sp³-hybridized carbons (Fsp3) is 0.400. The molecule has 0 bridgehead atoms. The summed E-state index contributed by atoms with van der Waals surface area (Å²) in [5, 5.41) is -0.331. The summed E-state index contributed by atoms with van der Waals surface area (Å²) >= 11 is -1.44. The Morgan fingerprint density at radius 3 is 2.77 bits per heavy atom. The van der Waals surface area contributed by atoms with Gasteiger partial charge in [-0.25, -0.2) is 14.0 Å². The summed E-state index contributed by atoms with van der Waals surface area (Å²) in [6.07, 6.45) is -0.409. The van der Waals surface area contributed by atoms with Gasteiger partial charge in [0.15, 0.2) is 0 Å². The molecule has 0 aliphatic carbocycles. The van der Waals surface area contributed by atoms with Crippen molar-refractivity contribution in [1.82, 2.24) is 0 Å². The molecule has 0 aromatic heterocycles. The standard InChI is InChI=1S/C15H15FNO4S/c1-9-8-17(15(19)21-9)11-2-3-12(13(16)7-11)10-4-5-22(20)14(18)6-10/h2-3,7,9-10H,1,4-6,8H2/t9-,10-,22-/m1/s1. The van der Waals surface area contributed by atoms with E-state index in [4.69, 9.17) is 4.74 Å². The maximum atomic E-state index is 14.4. The number of carbonyl (C=O) groups is 2. The molecule has 5 nitrogen and oxygen atoms in total. The SMILES string of the molecule is [CH2][C@@H]1CN(c2ccc([C@@H]3CC[S@@+]([O-])C(=O)C3)c(F)c2)C(=O)O1. The number of hydrogen-bond acceptors (Lipinski definition) is 4. The number of ether oxygens (including phenoxy) is 1. The van der Waals surface area contributed by atoms with Gasteiger partial charge >= 0.3 is 11.2 Å². The second-order valence-corrected chi connectivity index (χ2v) is 6.99. The van der Waals surface area contributed by atoms with Crippen molar-refractivity contribution in [2.75, 3.05) is 17.2 Å². The molecular weight excluding hydrogens is 309 g/mol. The average Bonchev–Trinajstić information content (AvgIpc) is 2.81. The Morgan fingerprint density at radius 1 is 1.41 bits per heavy atom. The summed E-state index contributed by atoms with van der Waals surface area (Å²) in [6.45, 7) is 3.92. The third-order valence-corrected chi connectivity index (χ3v) is 5.21. The minimum absolute atomic E-state index is 0.0928. The molecule has 1 aromatic carbocycles. The van der Waals surface area contributed by atoms with E-state index in [0.29, 0.717) is 17.7 Å². The van der Waals surface area contributed by atoms with Crippen LogP contribution in [0.15, 0.2) is 18.2 Å². The average molecular weight is 324 g/mol. The number of hydrogen-bond donors (Lipinski definition) is 0. The molecule has 0 unspecified atom stereocenters. The molecule has 1 amide bonds. The molecular formula is C15H15FNO4S. The number of rotatable bonds is 2. The van der Waals surface area contributed by atoms with E-state index in [2.05, 4.69) is 6.92 Å². The summed E-state index contributed by atoms with van der Waals surface area (Å²) in [4.78, 5) is 24.5. The van der Waals surface area contributed by atoms with Crippen LogP contribution < -0.4 is 4.90 Å². The number of amides is 1. The van der Waals surface area contributed by atoms with Gasteiger partial charge in [0.2, 0.25) is 0 Å². The van der Waals surface area contributed by atoms with Crippen LogP contribution in [0, 0.1) is 12.7 Å². The van der Waals surface area contributed by atoms with Crippen LogP contribution in [0.2, 0.25) is 0 Å². The molecule has 2 fully saturated rings. The molecule has 0 N–H and O–H groups in total. The predicted octanol–water partition coefficient (Wildman–Crippen LogP) is 2.14. The van der Waals surface area contributed by atoms with Crippen LogP contribution in [-0.2, 0) is 20.7 Å². The first-order chi connectivity index (χ1) is 10.5. The second-order valence-electron chi connectivity index (χ2n) is 5.43. The highest BCUT2D eigenvalue weighted by molar-refractivity contribution is 8.06. The number of benzene rings is 1. The Hall–Kier alpha value is -1.60. The maximum absolute atomic E-state index is 14.4. The summed E-state index contributed by atoms with van der Waals surface area (Å²) in [5.41, 5.74) is 0.829. The number of halogens is 1. The highest BCUT2D eigenvalue weighted by Crippen LogP contribution is 2.33. The lowest BCUT2D eigenvalue weighted by Gasteiger charge is -2.23. The van der Waals surface area contributed by atoms with Gasteiger partial charge < -0.3 is 9.29 Å². The smallest absolute Gasteiger partial charge is 0.414 e. The Labute approximate surface area is 130 Å². The summed E-state index contributed by atoms with van der Waals surface area (Å²) in [7, 11) is 0. The van der Waals surface area contributed by atoms with Crippen molar-refractivity contribution >= 4 is 28.1 Å². The van der Waals surface area contributed by atoms with Crippen molar-refractivity contribution in [3.8, 4) is 0 Å². The molecule has 2 aliphatic heterocycles. The van der Waals surface area contributed by atoms with Crippen molar-refractivity contribution in [1.29, 1.82) is 0 Å². The Bertz CT molecular complexity index is 624. The molecule has 3 rings (SSSR count). The molecule has 3 atom stereocenters. The molecule has 117 valence electrons. The lowest BCUT2D eigenvalue weighted by Crippen LogP contribution is -2.28. The Balaban J connectivity index is 1.81. The molecule has 1 radical (unpaired) electrons. The van der Waals surface area contributed by atoms with Crippen molar-refractivity contribution in [3.63, 3.8) is 0 Å². The van der Waals surface area contributed by atoms with Crippen molar-refractivity contribution < 1.29 is 23.3 Å². The second kappa shape index (κ2) is 5.89. The fourth-order valence-electron chi connectivity index (χ4n) is 2.77. The van der Waals surface area contributed by atoms with E-state index in [9.17, 15) is 18.5 Å². The zero-order valence-corrected chi connectivity index (χ0v) is 12.6. The highest BCUT2D eigenvalue weighted by Gasteiger charge is 2.34. The minimum atomic E-state index is -1.44. The summed E-state index contributed by atoms with van der Waals surface area (Å²) < 4.78 is 30.6. The van der Waals surface area contributed by atoms with Crippen LogP contribution in [0.1, 0.15) is 24.3 Å². The van der Waals surface area contributed by atoms with Gasteiger partial charge in [0.25, 0.3) is 0 Å². The number of carbonyl (C=O) groups excluding carboxylic acids is 2. The van der Waals surface area contributed by atoms with Crippen LogP contribution in [-0.4, -0.2) is 34.2 Å². The third-order valence-electron chi connectivity index (χ3n) is 3.93. The number of anilines is 1. The zero-order chi connectivity index (χ0) is 15.9. The molecule has 2 aliphatic rings. The van der Waals surface area contributed by atoms with Gasteiger partial charge in [-0.05, 0) is 24.6 Å². The first-order valence-corrected chi connectivity index (χ1v) is 8.29. The normalized spacial score (nSPS) is 28.9. The van der Waals surface area contributed by atoms with E-state index < -0.39 is 29.2 Å². The van der Waals surface area contributed by atoms with Gasteiger partial charge in [-0.2, -0.15) is 0 Å². The molecule has 2 heterocycles. The number of cyclic esters (lactones) is 1. The van der Waals surface area contributed by atoms with E-state index >= 15 is 0 Å². The fourth-order valence-corrected chi connectivity index (χ4v) is 3.89. The van der Waals surface area contributed by atoms with Crippen LogP contribution in [0.5, 0.6) is 0 Å². The van der Waals surface area contributed by atoms with Crippen LogP contribution >= 0.6 is 0 Å².